The minimum Gasteiger partial charge on any atom is -0.391 e. The van der Waals surface area contributed by atoms with Crippen LogP contribution in [0.15, 0.2) is 16.3 Å². The van der Waals surface area contributed by atoms with Crippen LogP contribution in [0.25, 0.3) is 0 Å². The molecule has 0 radical (unpaired) electrons. The van der Waals surface area contributed by atoms with Crippen LogP contribution in [-0.2, 0) is 16.6 Å². The van der Waals surface area contributed by atoms with Gasteiger partial charge in [-0.3, -0.25) is 0 Å². The Balaban J connectivity index is 2.24. The van der Waals surface area contributed by atoms with Crippen LogP contribution in [0, 0.1) is 5.92 Å². The van der Waals surface area contributed by atoms with E-state index >= 15 is 0 Å². The van der Waals surface area contributed by atoms with Crippen LogP contribution >= 0.6 is 11.3 Å². The van der Waals surface area contributed by atoms with E-state index in [4.69, 9.17) is 0 Å². The first-order valence-electron chi connectivity index (χ1n) is 6.66. The summed E-state index contributed by atoms with van der Waals surface area (Å²) in [6.45, 7) is 4.56. The second kappa shape index (κ2) is 5.91. The third-order valence-electron chi connectivity index (χ3n) is 3.32. The van der Waals surface area contributed by atoms with Crippen LogP contribution in [-0.4, -0.2) is 30.4 Å². The van der Waals surface area contributed by atoms with Crippen molar-refractivity contribution in [2.75, 3.05) is 6.54 Å². The molecule has 2 rings (SSSR count). The summed E-state index contributed by atoms with van der Waals surface area (Å²) in [5.74, 6) is 0.483. The van der Waals surface area contributed by atoms with Crippen LogP contribution in [0.2, 0.25) is 0 Å². The molecule has 1 fully saturated rings. The molecule has 1 aromatic rings. The minimum atomic E-state index is -3.45. The molecular weight excluding hydrogens is 282 g/mol. The molecule has 108 valence electrons. The van der Waals surface area contributed by atoms with Crippen molar-refractivity contribution in [1.29, 1.82) is 0 Å². The molecule has 0 bridgehead atoms. The van der Waals surface area contributed by atoms with Crippen molar-refractivity contribution in [1.82, 2.24) is 4.31 Å². The van der Waals surface area contributed by atoms with Crippen LogP contribution in [0.4, 0.5) is 0 Å². The Hall–Kier alpha value is -0.430. The monoisotopic (exact) mass is 303 g/mol. The van der Waals surface area contributed by atoms with Crippen molar-refractivity contribution in [3.05, 3.63) is 16.3 Å². The summed E-state index contributed by atoms with van der Waals surface area (Å²) >= 11 is 1.29. The number of thiophene rings is 1. The van der Waals surface area contributed by atoms with E-state index < -0.39 is 10.0 Å². The summed E-state index contributed by atoms with van der Waals surface area (Å²) in [5, 5.41) is 11.0. The maximum Gasteiger partial charge on any atom is 0.244 e. The number of nitrogens with zero attached hydrogens (tertiary/aromatic N) is 1. The molecule has 0 aliphatic heterocycles. The topological polar surface area (TPSA) is 57.6 Å². The smallest absolute Gasteiger partial charge is 0.244 e. The van der Waals surface area contributed by atoms with Crippen LogP contribution in [0.1, 0.15) is 38.0 Å². The maximum atomic E-state index is 12.7. The summed E-state index contributed by atoms with van der Waals surface area (Å²) in [6, 6.07) is 1.77. The predicted octanol–water partition coefficient (Wildman–Crippen LogP) is 2.44. The van der Waals surface area contributed by atoms with Gasteiger partial charge in [-0.25, -0.2) is 8.42 Å². The summed E-state index contributed by atoms with van der Waals surface area (Å²) in [7, 11) is -3.45. The van der Waals surface area contributed by atoms with E-state index in [0.717, 1.165) is 19.3 Å². The highest BCUT2D eigenvalue weighted by molar-refractivity contribution is 7.89. The molecule has 1 aliphatic carbocycles. The molecule has 1 aromatic heterocycles. The zero-order chi connectivity index (χ0) is 14.0. The third kappa shape index (κ3) is 3.37. The predicted molar refractivity (Wildman–Crippen MR) is 76.6 cm³/mol. The fourth-order valence-electron chi connectivity index (χ4n) is 2.05. The fourth-order valence-corrected chi connectivity index (χ4v) is 5.01. The van der Waals surface area contributed by atoms with E-state index in [1.54, 1.807) is 15.8 Å². The SMILES string of the molecule is CC(C)CCN(C1CC1)S(=O)(=O)c1ccsc1CO. The van der Waals surface area contributed by atoms with Gasteiger partial charge in [0, 0.05) is 17.5 Å². The first-order valence-corrected chi connectivity index (χ1v) is 8.98. The van der Waals surface area contributed by atoms with Crippen molar-refractivity contribution in [3.8, 4) is 0 Å². The average molecular weight is 303 g/mol. The third-order valence-corrected chi connectivity index (χ3v) is 6.39. The van der Waals surface area contributed by atoms with Gasteiger partial charge in [0.05, 0.1) is 11.5 Å². The number of aliphatic hydroxyl groups is 1. The second-order valence-electron chi connectivity index (χ2n) is 5.40. The Morgan fingerprint density at radius 3 is 2.68 bits per heavy atom. The zero-order valence-corrected chi connectivity index (χ0v) is 13.0. The van der Waals surface area contributed by atoms with Gasteiger partial charge in [0.25, 0.3) is 0 Å². The van der Waals surface area contributed by atoms with E-state index in [1.165, 1.54) is 11.3 Å². The normalized spacial score (nSPS) is 16.5. The summed E-state index contributed by atoms with van der Waals surface area (Å²) in [6.07, 6.45) is 2.78. The molecule has 0 amide bonds. The Morgan fingerprint density at radius 1 is 1.47 bits per heavy atom. The van der Waals surface area contributed by atoms with Gasteiger partial charge in [-0.15, -0.1) is 11.3 Å². The number of rotatable bonds is 7. The Kier molecular flexibility index (Phi) is 4.66. The Labute approximate surface area is 119 Å². The van der Waals surface area contributed by atoms with Crippen LogP contribution in [0.5, 0.6) is 0 Å². The van der Waals surface area contributed by atoms with E-state index in [0.29, 0.717) is 17.3 Å². The van der Waals surface area contributed by atoms with Crippen LogP contribution < -0.4 is 0 Å². The van der Waals surface area contributed by atoms with Gasteiger partial charge in [-0.05, 0) is 36.6 Å². The average Bonchev–Trinajstić information content (AvgIpc) is 3.04. The van der Waals surface area contributed by atoms with E-state index in [1.807, 2.05) is 0 Å². The molecule has 1 aliphatic rings. The second-order valence-corrected chi connectivity index (χ2v) is 8.26. The molecule has 0 aromatic carbocycles. The van der Waals surface area contributed by atoms with Crippen molar-refractivity contribution in [2.45, 2.75) is 50.7 Å². The molecule has 6 heteroatoms. The van der Waals surface area contributed by atoms with Crippen molar-refractivity contribution >= 4 is 21.4 Å². The highest BCUT2D eigenvalue weighted by Crippen LogP contribution is 2.34. The first kappa shape index (κ1) is 15.0. The summed E-state index contributed by atoms with van der Waals surface area (Å²) in [5.41, 5.74) is 0. The zero-order valence-electron chi connectivity index (χ0n) is 11.4. The lowest BCUT2D eigenvalue weighted by molar-refractivity contribution is 0.282. The van der Waals surface area contributed by atoms with E-state index in [2.05, 4.69) is 13.8 Å². The van der Waals surface area contributed by atoms with Gasteiger partial charge in [0.15, 0.2) is 0 Å². The number of sulfonamides is 1. The highest BCUT2D eigenvalue weighted by atomic mass is 32.2. The minimum absolute atomic E-state index is 0.162. The number of hydrogen-bond donors (Lipinski definition) is 1. The lowest BCUT2D eigenvalue weighted by Gasteiger charge is -2.22. The van der Waals surface area contributed by atoms with Gasteiger partial charge in [0.2, 0.25) is 10.0 Å². The Bertz CT molecular complexity index is 518. The summed E-state index contributed by atoms with van der Waals surface area (Å²) < 4.78 is 27.0. The van der Waals surface area contributed by atoms with Crippen molar-refractivity contribution < 1.29 is 13.5 Å². The molecule has 0 spiro atoms. The molecular formula is C13H21NO3S2. The lowest BCUT2D eigenvalue weighted by Crippen LogP contribution is -2.34. The van der Waals surface area contributed by atoms with Gasteiger partial charge in [-0.2, -0.15) is 4.31 Å². The highest BCUT2D eigenvalue weighted by Gasteiger charge is 2.38. The van der Waals surface area contributed by atoms with E-state index in [-0.39, 0.29) is 17.5 Å². The maximum absolute atomic E-state index is 12.7. The Morgan fingerprint density at radius 2 is 2.16 bits per heavy atom. The largest absolute Gasteiger partial charge is 0.391 e. The van der Waals surface area contributed by atoms with Gasteiger partial charge < -0.3 is 5.11 Å². The molecule has 0 atom stereocenters. The molecule has 0 saturated heterocycles. The lowest BCUT2D eigenvalue weighted by atomic mass is 10.1. The van der Waals surface area contributed by atoms with E-state index in [9.17, 15) is 13.5 Å². The summed E-state index contributed by atoms with van der Waals surface area (Å²) in [4.78, 5) is 0.825. The molecule has 4 nitrogen and oxygen atoms in total. The number of aliphatic hydroxyl groups excluding tert-OH is 1. The molecule has 0 unspecified atom stereocenters. The number of hydrogen-bond acceptors (Lipinski definition) is 4. The molecule has 1 saturated carbocycles. The molecule has 1 heterocycles. The molecule has 1 N–H and O–H groups in total. The first-order chi connectivity index (χ1) is 8.96. The van der Waals surface area contributed by atoms with Gasteiger partial charge >= 0.3 is 0 Å². The van der Waals surface area contributed by atoms with Gasteiger partial charge in [-0.1, -0.05) is 13.8 Å². The van der Waals surface area contributed by atoms with Crippen molar-refractivity contribution in [3.63, 3.8) is 0 Å². The fraction of sp³-hybridized carbons (Fsp3) is 0.692. The quantitative estimate of drug-likeness (QED) is 0.841. The standard InChI is InChI=1S/C13H21NO3S2/c1-10(2)5-7-14(11-3-4-11)19(16,17)13-6-8-18-12(13)9-15/h6,8,10-11,15H,3-5,7,9H2,1-2H3. The van der Waals surface area contributed by atoms with Crippen molar-refractivity contribution in [2.24, 2.45) is 5.92 Å². The van der Waals surface area contributed by atoms with Gasteiger partial charge in [0.1, 0.15) is 0 Å². The molecule has 19 heavy (non-hydrogen) atoms. The van der Waals surface area contributed by atoms with Crippen LogP contribution in [0.3, 0.4) is 0 Å².